The summed E-state index contributed by atoms with van der Waals surface area (Å²) in [6, 6.07) is 3.71. The van der Waals surface area contributed by atoms with Crippen molar-refractivity contribution in [2.75, 3.05) is 32.2 Å². The van der Waals surface area contributed by atoms with Crippen LogP contribution in [0.25, 0.3) is 16.8 Å². The van der Waals surface area contributed by atoms with Crippen molar-refractivity contribution < 1.29 is 23.8 Å². The SMILES string of the molecule is COc1cc(F)cc([C@@H](CO)NC(=O)[C@@H](C)n2cnn3cc(-c4nc(N[C@@H]5CCOC[C@H]5C)ncc4Cl)cc3c2=O)c1. The third-order valence-corrected chi connectivity index (χ3v) is 7.63. The molecule has 0 spiro atoms. The van der Waals surface area contributed by atoms with Gasteiger partial charge < -0.3 is 25.2 Å². The van der Waals surface area contributed by atoms with Crippen LogP contribution in [0.1, 0.15) is 37.9 Å². The zero-order valence-corrected chi connectivity index (χ0v) is 24.0. The smallest absolute Gasteiger partial charge is 0.278 e. The van der Waals surface area contributed by atoms with E-state index in [1.165, 1.54) is 53.8 Å². The van der Waals surface area contributed by atoms with Gasteiger partial charge in [-0.1, -0.05) is 18.5 Å². The number of rotatable bonds is 9. The molecule has 5 rings (SSSR count). The summed E-state index contributed by atoms with van der Waals surface area (Å²) in [5.41, 5.74) is 1.00. The van der Waals surface area contributed by atoms with Crippen LogP contribution in [0.4, 0.5) is 10.3 Å². The highest BCUT2D eigenvalue weighted by atomic mass is 35.5. The van der Waals surface area contributed by atoms with Gasteiger partial charge >= 0.3 is 0 Å². The first-order chi connectivity index (χ1) is 20.2. The van der Waals surface area contributed by atoms with Crippen molar-refractivity contribution in [2.45, 2.75) is 38.4 Å². The number of nitrogens with zero attached hydrogens (tertiary/aromatic N) is 5. The number of benzene rings is 1. The lowest BCUT2D eigenvalue weighted by Gasteiger charge is -2.29. The molecule has 1 aromatic carbocycles. The van der Waals surface area contributed by atoms with Gasteiger partial charge in [0.15, 0.2) is 0 Å². The van der Waals surface area contributed by atoms with Crippen LogP contribution in [0.3, 0.4) is 0 Å². The van der Waals surface area contributed by atoms with Gasteiger partial charge in [0.2, 0.25) is 11.9 Å². The molecule has 0 bridgehead atoms. The maximum Gasteiger partial charge on any atom is 0.278 e. The zero-order valence-electron chi connectivity index (χ0n) is 23.3. The van der Waals surface area contributed by atoms with Crippen molar-refractivity contribution in [3.05, 3.63) is 69.7 Å². The van der Waals surface area contributed by atoms with Crippen LogP contribution in [0.5, 0.6) is 5.75 Å². The maximum absolute atomic E-state index is 14.0. The quantitative estimate of drug-likeness (QED) is 0.264. The predicted octanol–water partition coefficient (Wildman–Crippen LogP) is 3.00. The van der Waals surface area contributed by atoms with Gasteiger partial charge in [0.25, 0.3) is 5.56 Å². The molecule has 0 aliphatic carbocycles. The molecule has 4 heterocycles. The molecule has 4 aromatic rings. The Morgan fingerprint density at radius 3 is 2.88 bits per heavy atom. The summed E-state index contributed by atoms with van der Waals surface area (Å²) in [7, 11) is 1.39. The zero-order chi connectivity index (χ0) is 30.0. The lowest BCUT2D eigenvalue weighted by atomic mass is 9.98. The molecule has 1 aliphatic rings. The summed E-state index contributed by atoms with van der Waals surface area (Å²) in [5.74, 6) is -0.220. The van der Waals surface area contributed by atoms with Crippen molar-refractivity contribution in [3.63, 3.8) is 0 Å². The number of aliphatic hydroxyl groups excluding tert-OH is 1. The molecule has 1 amide bonds. The van der Waals surface area contributed by atoms with E-state index in [0.717, 1.165) is 6.42 Å². The average molecular weight is 600 g/mol. The fourth-order valence-corrected chi connectivity index (χ4v) is 5.06. The van der Waals surface area contributed by atoms with E-state index >= 15 is 0 Å². The van der Waals surface area contributed by atoms with Crippen LogP contribution in [0, 0.1) is 11.7 Å². The molecular weight excluding hydrogens is 569 g/mol. The number of halogens is 2. The van der Waals surface area contributed by atoms with E-state index in [4.69, 9.17) is 21.1 Å². The highest BCUT2D eigenvalue weighted by Gasteiger charge is 2.25. The Morgan fingerprint density at radius 1 is 1.33 bits per heavy atom. The summed E-state index contributed by atoms with van der Waals surface area (Å²) in [6.45, 7) is 4.42. The van der Waals surface area contributed by atoms with Crippen molar-refractivity contribution >= 4 is 29.0 Å². The Bertz CT molecular complexity index is 1660. The molecule has 0 unspecified atom stereocenters. The minimum Gasteiger partial charge on any atom is -0.497 e. The number of anilines is 1. The Balaban J connectivity index is 1.39. The number of ether oxygens (including phenoxy) is 2. The average Bonchev–Trinajstić information content (AvgIpc) is 3.42. The van der Waals surface area contributed by atoms with Crippen LogP contribution < -0.4 is 20.9 Å². The number of amides is 1. The summed E-state index contributed by atoms with van der Waals surface area (Å²) in [4.78, 5) is 35.5. The number of carbonyl (C=O) groups excluding carboxylic acids is 1. The number of hydrogen-bond acceptors (Lipinski definition) is 9. The predicted molar refractivity (Wildman–Crippen MR) is 153 cm³/mol. The Hall–Kier alpha value is -4.07. The van der Waals surface area contributed by atoms with E-state index in [0.29, 0.717) is 41.0 Å². The van der Waals surface area contributed by atoms with Gasteiger partial charge in [-0.15, -0.1) is 0 Å². The Labute approximate surface area is 245 Å². The molecule has 12 nitrogen and oxygen atoms in total. The van der Waals surface area contributed by atoms with Gasteiger partial charge in [-0.3, -0.25) is 14.2 Å². The second-order valence-electron chi connectivity index (χ2n) is 10.2. The maximum atomic E-state index is 14.0. The molecule has 1 saturated heterocycles. The van der Waals surface area contributed by atoms with Gasteiger partial charge in [0.1, 0.15) is 29.5 Å². The molecule has 14 heteroatoms. The summed E-state index contributed by atoms with van der Waals surface area (Å²) in [5, 5.41) is 20.5. The Kier molecular flexibility index (Phi) is 8.71. The molecule has 1 aliphatic heterocycles. The minimum absolute atomic E-state index is 0.149. The number of aromatic nitrogens is 5. The summed E-state index contributed by atoms with van der Waals surface area (Å²) in [6.07, 6.45) is 5.20. The lowest BCUT2D eigenvalue weighted by molar-refractivity contribution is -0.125. The highest BCUT2D eigenvalue weighted by molar-refractivity contribution is 6.32. The minimum atomic E-state index is -1.00. The van der Waals surface area contributed by atoms with Gasteiger partial charge in [0, 0.05) is 30.5 Å². The normalized spacial score (nSPS) is 18.4. The van der Waals surface area contributed by atoms with Crippen LogP contribution in [0.2, 0.25) is 5.02 Å². The molecule has 1 fully saturated rings. The number of fused-ring (bicyclic) bond motifs is 1. The molecule has 4 atom stereocenters. The number of methoxy groups -OCH3 is 1. The largest absolute Gasteiger partial charge is 0.497 e. The number of hydrogen-bond donors (Lipinski definition) is 3. The Morgan fingerprint density at radius 2 is 2.14 bits per heavy atom. The fraction of sp³-hybridized carbons (Fsp3) is 0.393. The standard InChI is InChI=1S/C28H31ClFN7O5/c1-15-13-42-5-4-22(15)34-28-31-10-21(29)25(35-28)18-8-24-27(40)36(14-32-37(24)11-18)16(2)26(39)33-23(12-38)17-6-19(30)9-20(7-17)41-3/h6-11,14-16,22-23,38H,4-5,12-13H2,1-3H3,(H,33,39)(H,31,34,35)/t15-,16-,22-,23-/m1/s1. The van der Waals surface area contributed by atoms with E-state index in [9.17, 15) is 19.1 Å². The third kappa shape index (κ3) is 6.08. The molecule has 0 radical (unpaired) electrons. The fourth-order valence-electron chi connectivity index (χ4n) is 4.86. The molecule has 42 heavy (non-hydrogen) atoms. The van der Waals surface area contributed by atoms with Gasteiger partial charge in [-0.05, 0) is 43.0 Å². The van der Waals surface area contributed by atoms with Gasteiger partial charge in [-0.2, -0.15) is 5.10 Å². The topological polar surface area (TPSA) is 145 Å². The first-order valence-electron chi connectivity index (χ1n) is 13.4. The lowest BCUT2D eigenvalue weighted by Crippen LogP contribution is -2.39. The van der Waals surface area contributed by atoms with Gasteiger partial charge in [-0.25, -0.2) is 18.9 Å². The van der Waals surface area contributed by atoms with Crippen molar-refractivity contribution in [3.8, 4) is 17.0 Å². The van der Waals surface area contributed by atoms with Crippen molar-refractivity contribution in [1.29, 1.82) is 0 Å². The van der Waals surface area contributed by atoms with E-state index in [1.54, 1.807) is 12.3 Å². The second-order valence-corrected chi connectivity index (χ2v) is 10.6. The summed E-state index contributed by atoms with van der Waals surface area (Å²) < 4.78 is 27.2. The monoisotopic (exact) mass is 599 g/mol. The van der Waals surface area contributed by atoms with Crippen LogP contribution in [-0.4, -0.2) is 68.1 Å². The van der Waals surface area contributed by atoms with Crippen molar-refractivity contribution in [2.24, 2.45) is 5.92 Å². The number of aliphatic hydroxyl groups is 1. The van der Waals surface area contributed by atoms with Gasteiger partial charge in [0.05, 0.1) is 43.3 Å². The first kappa shape index (κ1) is 29.4. The highest BCUT2D eigenvalue weighted by Crippen LogP contribution is 2.28. The molecule has 3 N–H and O–H groups in total. The molecule has 222 valence electrons. The van der Waals surface area contributed by atoms with Crippen LogP contribution in [-0.2, 0) is 9.53 Å². The molecule has 0 saturated carbocycles. The van der Waals surface area contributed by atoms with E-state index < -0.39 is 36.0 Å². The van der Waals surface area contributed by atoms with E-state index in [1.807, 2.05) is 0 Å². The number of nitrogens with one attached hydrogen (secondary N) is 2. The van der Waals surface area contributed by atoms with Crippen molar-refractivity contribution in [1.82, 2.24) is 29.5 Å². The van der Waals surface area contributed by atoms with Crippen LogP contribution >= 0.6 is 11.6 Å². The van der Waals surface area contributed by atoms with E-state index in [-0.39, 0.29) is 23.2 Å². The second kappa shape index (κ2) is 12.4. The summed E-state index contributed by atoms with van der Waals surface area (Å²) >= 11 is 6.44. The molecular formula is C28H31ClFN7O5. The number of carbonyl (C=O) groups is 1. The first-order valence-corrected chi connectivity index (χ1v) is 13.8. The van der Waals surface area contributed by atoms with Crippen LogP contribution in [0.15, 0.2) is 47.8 Å². The van der Waals surface area contributed by atoms with E-state index in [2.05, 4.69) is 32.6 Å². The third-order valence-electron chi connectivity index (χ3n) is 7.35. The molecule has 3 aromatic heterocycles.